The number of halogens is 3. The van der Waals surface area contributed by atoms with Crippen LogP contribution in [0, 0.1) is 0 Å². The topological polar surface area (TPSA) is 26.0 Å². The van der Waals surface area contributed by atoms with Gasteiger partial charge in [0.1, 0.15) is 0 Å². The molecule has 0 aliphatic heterocycles. The van der Waals surface area contributed by atoms with Crippen molar-refractivity contribution in [1.82, 2.24) is 0 Å². The molecule has 0 spiro atoms. The van der Waals surface area contributed by atoms with Gasteiger partial charge in [0.25, 0.3) is 0 Å². The van der Waals surface area contributed by atoms with Gasteiger partial charge in [-0.3, -0.25) is 0 Å². The summed E-state index contributed by atoms with van der Waals surface area (Å²) in [5, 5.41) is 1.36. The molecule has 0 unspecified atom stereocenters. The van der Waals surface area contributed by atoms with Crippen LogP contribution < -0.4 is 5.73 Å². The summed E-state index contributed by atoms with van der Waals surface area (Å²) in [4.78, 5) is 0.699. The first-order chi connectivity index (χ1) is 8.00. The Hall–Kier alpha value is -0.540. The Morgan fingerprint density at radius 2 is 1.53 bits per heavy atom. The Labute approximate surface area is 120 Å². The van der Waals surface area contributed by atoms with E-state index in [0.29, 0.717) is 25.7 Å². The maximum absolute atomic E-state index is 6.14. The quantitative estimate of drug-likeness (QED) is 0.423. The predicted molar refractivity (Wildman–Crippen MR) is 78.6 cm³/mol. The van der Waals surface area contributed by atoms with Crippen molar-refractivity contribution in [2.75, 3.05) is 5.73 Å². The highest BCUT2D eigenvalue weighted by molar-refractivity contribution is 7.80. The maximum atomic E-state index is 6.14. The molecule has 0 fully saturated rings. The molecule has 2 rings (SSSR count). The van der Waals surface area contributed by atoms with E-state index in [2.05, 4.69) is 12.6 Å². The zero-order chi connectivity index (χ0) is 12.6. The Bertz CT molecular complexity index is 584. The fraction of sp³-hybridized carbons (Fsp3) is 0. The van der Waals surface area contributed by atoms with E-state index in [4.69, 9.17) is 40.5 Å². The number of rotatable bonds is 1. The van der Waals surface area contributed by atoms with E-state index in [1.807, 2.05) is 18.2 Å². The molecule has 0 amide bonds. The van der Waals surface area contributed by atoms with Gasteiger partial charge in [-0.2, -0.15) is 0 Å². The fourth-order valence-electron chi connectivity index (χ4n) is 1.52. The molecular weight excluding hydrogens is 297 g/mol. The van der Waals surface area contributed by atoms with Crippen molar-refractivity contribution in [1.29, 1.82) is 0 Å². The SMILES string of the molecule is Nc1c(S)cccc1-c1cc(Cl)c(Cl)cc1Cl. The molecule has 2 aromatic carbocycles. The van der Waals surface area contributed by atoms with Crippen molar-refractivity contribution in [3.05, 3.63) is 45.4 Å². The van der Waals surface area contributed by atoms with Crippen LogP contribution in [0.4, 0.5) is 5.69 Å². The molecule has 0 saturated carbocycles. The van der Waals surface area contributed by atoms with Gasteiger partial charge < -0.3 is 5.73 Å². The number of nitrogens with two attached hydrogens (primary N) is 1. The highest BCUT2D eigenvalue weighted by Gasteiger charge is 2.11. The summed E-state index contributed by atoms with van der Waals surface area (Å²) in [5.41, 5.74) is 8.06. The third-order valence-corrected chi connectivity index (χ3v) is 3.81. The van der Waals surface area contributed by atoms with Crippen LogP contribution in [0.15, 0.2) is 35.2 Å². The van der Waals surface area contributed by atoms with Crippen LogP contribution in [0.3, 0.4) is 0 Å². The molecule has 0 aliphatic rings. The van der Waals surface area contributed by atoms with Gasteiger partial charge >= 0.3 is 0 Å². The summed E-state index contributed by atoms with van der Waals surface area (Å²) in [7, 11) is 0. The molecule has 0 radical (unpaired) electrons. The molecule has 0 bridgehead atoms. The smallest absolute Gasteiger partial charge is 0.0607 e. The second-order valence-electron chi connectivity index (χ2n) is 3.48. The number of hydrogen-bond donors (Lipinski definition) is 2. The minimum atomic E-state index is 0.418. The fourth-order valence-corrected chi connectivity index (χ4v) is 2.37. The average Bonchev–Trinajstić information content (AvgIpc) is 2.28. The third kappa shape index (κ3) is 2.50. The van der Waals surface area contributed by atoms with Crippen LogP contribution in [0.1, 0.15) is 0 Å². The van der Waals surface area contributed by atoms with E-state index in [9.17, 15) is 0 Å². The van der Waals surface area contributed by atoms with E-state index in [-0.39, 0.29) is 0 Å². The normalized spacial score (nSPS) is 10.6. The summed E-state index contributed by atoms with van der Waals surface area (Å²) in [6.07, 6.45) is 0. The lowest BCUT2D eigenvalue weighted by atomic mass is 10.0. The molecule has 1 nitrogen and oxygen atoms in total. The molecule has 0 aromatic heterocycles. The van der Waals surface area contributed by atoms with E-state index in [1.165, 1.54) is 0 Å². The van der Waals surface area contributed by atoms with Crippen molar-refractivity contribution < 1.29 is 0 Å². The first-order valence-corrected chi connectivity index (χ1v) is 6.31. The van der Waals surface area contributed by atoms with Gasteiger partial charge in [-0.05, 0) is 18.2 Å². The summed E-state index contributed by atoms with van der Waals surface area (Å²) in [6, 6.07) is 8.83. The molecule has 17 heavy (non-hydrogen) atoms. The number of thiol groups is 1. The van der Waals surface area contributed by atoms with Gasteiger partial charge in [0, 0.05) is 16.0 Å². The Kier molecular flexibility index (Phi) is 3.79. The van der Waals surface area contributed by atoms with Gasteiger partial charge in [0.05, 0.1) is 20.8 Å². The number of anilines is 1. The van der Waals surface area contributed by atoms with Crippen molar-refractivity contribution in [3.63, 3.8) is 0 Å². The van der Waals surface area contributed by atoms with Crippen LogP contribution >= 0.6 is 47.4 Å². The number of para-hydroxylation sites is 1. The monoisotopic (exact) mass is 303 g/mol. The number of hydrogen-bond acceptors (Lipinski definition) is 2. The predicted octanol–water partition coefficient (Wildman–Crippen LogP) is 5.18. The molecule has 0 atom stereocenters. The lowest BCUT2D eigenvalue weighted by Gasteiger charge is -2.10. The number of benzene rings is 2. The standard InChI is InChI=1S/C12H8Cl3NS/c13-8-5-10(15)9(14)4-7(8)6-2-1-3-11(17)12(6)16/h1-5,17H,16H2. The van der Waals surface area contributed by atoms with Crippen LogP contribution in [0.2, 0.25) is 15.1 Å². The van der Waals surface area contributed by atoms with Crippen molar-refractivity contribution in [2.24, 2.45) is 0 Å². The number of nitrogen functional groups attached to an aromatic ring is 1. The average molecular weight is 305 g/mol. The van der Waals surface area contributed by atoms with Crippen molar-refractivity contribution in [3.8, 4) is 11.1 Å². The van der Waals surface area contributed by atoms with Gasteiger partial charge in [-0.15, -0.1) is 12.6 Å². The van der Waals surface area contributed by atoms with E-state index >= 15 is 0 Å². The molecule has 5 heteroatoms. The Morgan fingerprint density at radius 1 is 0.882 bits per heavy atom. The van der Waals surface area contributed by atoms with Crippen LogP contribution in [0.5, 0.6) is 0 Å². The second kappa shape index (κ2) is 4.99. The molecule has 88 valence electrons. The summed E-state index contributed by atoms with van der Waals surface area (Å²) >= 11 is 22.3. The first kappa shape index (κ1) is 12.9. The molecule has 0 saturated heterocycles. The van der Waals surface area contributed by atoms with Gasteiger partial charge in [0.2, 0.25) is 0 Å². The molecule has 2 aromatic rings. The Balaban J connectivity index is 2.69. The zero-order valence-electron chi connectivity index (χ0n) is 8.55. The summed E-state index contributed by atoms with van der Waals surface area (Å²) in [5.74, 6) is 0. The van der Waals surface area contributed by atoms with Crippen LogP contribution in [0.25, 0.3) is 11.1 Å². The lowest BCUT2D eigenvalue weighted by molar-refractivity contribution is 1.46. The zero-order valence-corrected chi connectivity index (χ0v) is 11.7. The van der Waals surface area contributed by atoms with Crippen molar-refractivity contribution in [2.45, 2.75) is 4.90 Å². The van der Waals surface area contributed by atoms with Gasteiger partial charge in [-0.1, -0.05) is 46.9 Å². The lowest BCUT2D eigenvalue weighted by Crippen LogP contribution is -1.92. The summed E-state index contributed by atoms with van der Waals surface area (Å²) < 4.78 is 0. The minimum absolute atomic E-state index is 0.418. The summed E-state index contributed by atoms with van der Waals surface area (Å²) in [6.45, 7) is 0. The van der Waals surface area contributed by atoms with Crippen molar-refractivity contribution >= 4 is 53.1 Å². The molecule has 0 aliphatic carbocycles. The molecule has 0 heterocycles. The maximum Gasteiger partial charge on any atom is 0.0607 e. The van der Waals surface area contributed by atoms with E-state index < -0.39 is 0 Å². The van der Waals surface area contributed by atoms with Crippen LogP contribution in [-0.4, -0.2) is 0 Å². The molecule has 2 N–H and O–H groups in total. The highest BCUT2D eigenvalue weighted by atomic mass is 35.5. The van der Waals surface area contributed by atoms with Gasteiger partial charge in [-0.25, -0.2) is 0 Å². The highest BCUT2D eigenvalue weighted by Crippen LogP contribution is 2.39. The largest absolute Gasteiger partial charge is 0.397 e. The van der Waals surface area contributed by atoms with Gasteiger partial charge in [0.15, 0.2) is 0 Å². The van der Waals surface area contributed by atoms with E-state index in [1.54, 1.807) is 12.1 Å². The molecular formula is C12H8Cl3NS. The van der Waals surface area contributed by atoms with E-state index in [0.717, 1.165) is 11.1 Å². The Morgan fingerprint density at radius 3 is 2.24 bits per heavy atom. The third-order valence-electron chi connectivity index (χ3n) is 2.38. The minimum Gasteiger partial charge on any atom is -0.397 e. The second-order valence-corrected chi connectivity index (χ2v) is 5.19. The first-order valence-electron chi connectivity index (χ1n) is 4.73. The van der Waals surface area contributed by atoms with Crippen LogP contribution in [-0.2, 0) is 0 Å².